The largest absolute Gasteiger partial charge is 0.481 e. The van der Waals surface area contributed by atoms with Gasteiger partial charge in [-0.1, -0.05) is 18.5 Å². The third-order valence-electron chi connectivity index (χ3n) is 2.77. The van der Waals surface area contributed by atoms with E-state index in [1.165, 1.54) is 4.57 Å². The molecular formula is C12H12ClNO4. The van der Waals surface area contributed by atoms with Crippen LogP contribution in [0.2, 0.25) is 5.02 Å². The molecule has 0 saturated carbocycles. The van der Waals surface area contributed by atoms with Crippen molar-refractivity contribution in [3.63, 3.8) is 0 Å². The number of hydrogen-bond donors (Lipinski definition) is 1. The van der Waals surface area contributed by atoms with Crippen molar-refractivity contribution in [1.29, 1.82) is 0 Å². The molecule has 1 aromatic carbocycles. The Morgan fingerprint density at radius 2 is 2.22 bits per heavy atom. The first-order chi connectivity index (χ1) is 8.52. The minimum atomic E-state index is -0.965. The van der Waals surface area contributed by atoms with E-state index in [4.69, 9.17) is 21.1 Å². The van der Waals surface area contributed by atoms with Gasteiger partial charge in [0.2, 0.25) is 0 Å². The van der Waals surface area contributed by atoms with Crippen LogP contribution in [0.25, 0.3) is 11.1 Å². The summed E-state index contributed by atoms with van der Waals surface area (Å²) in [5.74, 6) is -1.52. The second-order valence-electron chi connectivity index (χ2n) is 3.93. The van der Waals surface area contributed by atoms with Crippen molar-refractivity contribution in [2.75, 3.05) is 0 Å². The van der Waals surface area contributed by atoms with Gasteiger partial charge in [-0.05, 0) is 24.1 Å². The van der Waals surface area contributed by atoms with Gasteiger partial charge in [0.25, 0.3) is 0 Å². The molecular weight excluding hydrogens is 258 g/mol. The lowest BCUT2D eigenvalue weighted by atomic mass is 10.1. The highest BCUT2D eigenvalue weighted by Gasteiger charge is 2.12. The summed E-state index contributed by atoms with van der Waals surface area (Å²) < 4.78 is 6.37. The summed E-state index contributed by atoms with van der Waals surface area (Å²) >= 11 is 6.07. The van der Waals surface area contributed by atoms with Crippen molar-refractivity contribution in [3.05, 3.63) is 33.3 Å². The lowest BCUT2D eigenvalue weighted by molar-refractivity contribution is -0.137. The summed E-state index contributed by atoms with van der Waals surface area (Å²) in [6, 6.07) is 3.36. The third-order valence-corrected chi connectivity index (χ3v) is 3.12. The number of carbonyl (C=O) groups is 1. The van der Waals surface area contributed by atoms with Crippen LogP contribution in [0.3, 0.4) is 0 Å². The van der Waals surface area contributed by atoms with Crippen molar-refractivity contribution in [3.8, 4) is 0 Å². The van der Waals surface area contributed by atoms with E-state index in [9.17, 15) is 9.59 Å². The predicted octanol–water partition coefficient (Wildman–Crippen LogP) is 2.29. The van der Waals surface area contributed by atoms with Crippen LogP contribution in [0.5, 0.6) is 0 Å². The fourth-order valence-corrected chi connectivity index (χ4v) is 2.11. The van der Waals surface area contributed by atoms with Crippen LogP contribution in [0.1, 0.15) is 18.9 Å². The molecule has 18 heavy (non-hydrogen) atoms. The number of aromatic nitrogens is 1. The summed E-state index contributed by atoms with van der Waals surface area (Å²) in [4.78, 5) is 22.2. The van der Waals surface area contributed by atoms with Crippen molar-refractivity contribution < 1.29 is 14.3 Å². The summed E-state index contributed by atoms with van der Waals surface area (Å²) in [6.07, 6.45) is 0.598. The van der Waals surface area contributed by atoms with Crippen molar-refractivity contribution in [2.45, 2.75) is 26.3 Å². The average molecular weight is 270 g/mol. The smallest absolute Gasteiger partial charge is 0.419 e. The predicted molar refractivity (Wildman–Crippen MR) is 67.1 cm³/mol. The van der Waals surface area contributed by atoms with Crippen LogP contribution in [-0.4, -0.2) is 15.6 Å². The molecule has 0 bridgehead atoms. The fraction of sp³-hybridized carbons (Fsp3) is 0.333. The van der Waals surface area contributed by atoms with Gasteiger partial charge in [0.15, 0.2) is 5.58 Å². The zero-order valence-corrected chi connectivity index (χ0v) is 10.5. The Hall–Kier alpha value is -1.75. The summed E-state index contributed by atoms with van der Waals surface area (Å²) in [6.45, 7) is 2.02. The molecule has 2 rings (SSSR count). The van der Waals surface area contributed by atoms with Gasteiger partial charge in [0, 0.05) is 11.6 Å². The number of benzene rings is 1. The summed E-state index contributed by atoms with van der Waals surface area (Å²) in [5, 5.41) is 9.19. The Kier molecular flexibility index (Phi) is 3.43. The van der Waals surface area contributed by atoms with E-state index in [0.717, 1.165) is 12.0 Å². The minimum absolute atomic E-state index is 0.0724. The van der Waals surface area contributed by atoms with E-state index in [1.54, 1.807) is 12.1 Å². The molecule has 6 heteroatoms. The molecule has 5 nitrogen and oxygen atoms in total. The van der Waals surface area contributed by atoms with E-state index in [2.05, 4.69) is 0 Å². The van der Waals surface area contributed by atoms with E-state index in [-0.39, 0.29) is 13.0 Å². The Labute approximate surface area is 108 Å². The number of nitrogens with zero attached hydrogens (tertiary/aromatic N) is 1. The molecule has 0 amide bonds. The van der Waals surface area contributed by atoms with Crippen LogP contribution in [0.15, 0.2) is 21.3 Å². The number of hydrogen-bond acceptors (Lipinski definition) is 3. The fourth-order valence-electron chi connectivity index (χ4n) is 1.82. The number of aliphatic carboxylic acids is 1. The van der Waals surface area contributed by atoms with Crippen molar-refractivity contribution >= 4 is 28.7 Å². The molecule has 1 N–H and O–H groups in total. The zero-order valence-electron chi connectivity index (χ0n) is 9.77. The molecule has 0 aliphatic heterocycles. The second kappa shape index (κ2) is 4.86. The summed E-state index contributed by atoms with van der Waals surface area (Å²) in [7, 11) is 0. The number of carboxylic acid groups (broad SMARTS) is 1. The summed E-state index contributed by atoms with van der Waals surface area (Å²) in [5.41, 5.74) is 1.86. The van der Waals surface area contributed by atoms with Crippen molar-refractivity contribution in [2.24, 2.45) is 0 Å². The highest BCUT2D eigenvalue weighted by atomic mass is 35.5. The highest BCUT2D eigenvalue weighted by molar-refractivity contribution is 6.32. The lowest BCUT2D eigenvalue weighted by Gasteiger charge is -2.02. The number of aryl methyl sites for hydroxylation is 2. The van der Waals surface area contributed by atoms with Gasteiger partial charge < -0.3 is 9.52 Å². The highest BCUT2D eigenvalue weighted by Crippen LogP contribution is 2.24. The van der Waals surface area contributed by atoms with E-state index >= 15 is 0 Å². The molecule has 0 saturated heterocycles. The van der Waals surface area contributed by atoms with Crippen LogP contribution in [0, 0.1) is 0 Å². The van der Waals surface area contributed by atoms with Gasteiger partial charge in [-0.15, -0.1) is 0 Å². The molecule has 1 aromatic heterocycles. The molecule has 0 atom stereocenters. The van der Waals surface area contributed by atoms with Gasteiger partial charge >= 0.3 is 11.7 Å². The normalized spacial score (nSPS) is 11.0. The van der Waals surface area contributed by atoms with Crippen LogP contribution < -0.4 is 5.76 Å². The number of rotatable bonds is 4. The molecule has 0 radical (unpaired) electrons. The number of fused-ring (bicyclic) bond motifs is 1. The quantitative estimate of drug-likeness (QED) is 0.924. The van der Waals surface area contributed by atoms with Gasteiger partial charge in [0.1, 0.15) is 0 Å². The van der Waals surface area contributed by atoms with E-state index in [0.29, 0.717) is 16.1 Å². The maximum absolute atomic E-state index is 11.6. The van der Waals surface area contributed by atoms with Gasteiger partial charge in [-0.3, -0.25) is 9.36 Å². The minimum Gasteiger partial charge on any atom is -0.481 e. The first kappa shape index (κ1) is 12.7. The maximum atomic E-state index is 11.6. The monoisotopic (exact) mass is 269 g/mol. The number of carboxylic acids is 1. The Morgan fingerprint density at radius 3 is 2.83 bits per heavy atom. The molecule has 0 aliphatic carbocycles. The molecule has 0 unspecified atom stereocenters. The first-order valence-electron chi connectivity index (χ1n) is 5.56. The molecule has 0 aliphatic rings. The molecule has 0 fully saturated rings. The average Bonchev–Trinajstić information content (AvgIpc) is 2.60. The number of oxazole rings is 1. The Morgan fingerprint density at radius 1 is 1.50 bits per heavy atom. The third kappa shape index (κ3) is 2.26. The van der Waals surface area contributed by atoms with Crippen LogP contribution in [0.4, 0.5) is 0 Å². The Bertz CT molecular complexity index is 656. The number of halogens is 1. The van der Waals surface area contributed by atoms with Gasteiger partial charge in [0.05, 0.1) is 11.9 Å². The van der Waals surface area contributed by atoms with Gasteiger partial charge in [-0.2, -0.15) is 0 Å². The second-order valence-corrected chi connectivity index (χ2v) is 4.34. The SMILES string of the molecule is CCc1cc2oc(=O)n(CCC(=O)O)c2cc1Cl. The first-order valence-corrected chi connectivity index (χ1v) is 5.94. The topological polar surface area (TPSA) is 72.4 Å². The van der Waals surface area contributed by atoms with Gasteiger partial charge in [-0.25, -0.2) is 4.79 Å². The molecule has 1 heterocycles. The zero-order chi connectivity index (χ0) is 13.3. The maximum Gasteiger partial charge on any atom is 0.419 e. The van der Waals surface area contributed by atoms with Crippen LogP contribution >= 0.6 is 11.6 Å². The van der Waals surface area contributed by atoms with E-state index in [1.807, 2.05) is 6.92 Å². The molecule has 96 valence electrons. The lowest BCUT2D eigenvalue weighted by Crippen LogP contribution is -2.16. The van der Waals surface area contributed by atoms with Crippen molar-refractivity contribution in [1.82, 2.24) is 4.57 Å². The van der Waals surface area contributed by atoms with Crippen LogP contribution in [-0.2, 0) is 17.8 Å². The van der Waals surface area contributed by atoms with E-state index < -0.39 is 11.7 Å². The Balaban J connectivity index is 2.53. The standard InChI is InChI=1S/C12H12ClNO4/c1-2-7-5-10-9(6-8(7)13)14(12(17)18-10)4-3-11(15)16/h5-6H,2-4H2,1H3,(H,15,16). The molecule has 0 spiro atoms. The molecule has 2 aromatic rings.